The first-order valence-corrected chi connectivity index (χ1v) is 6.06. The summed E-state index contributed by atoms with van der Waals surface area (Å²) in [5.74, 6) is -0.0280. The number of anilines is 1. The highest BCUT2D eigenvalue weighted by Crippen LogP contribution is 2.17. The first-order valence-electron chi connectivity index (χ1n) is 6.06. The summed E-state index contributed by atoms with van der Waals surface area (Å²) in [4.78, 5) is 14.9. The average molecular weight is 245 g/mol. The molecule has 4 nitrogen and oxygen atoms in total. The fraction of sp³-hybridized carbons (Fsp3) is 0.357. The topological polar surface area (TPSA) is 56.9 Å². The molecule has 96 valence electrons. The van der Waals surface area contributed by atoms with Crippen molar-refractivity contribution in [3.8, 4) is 0 Å². The van der Waals surface area contributed by atoms with E-state index in [0.717, 1.165) is 16.6 Å². The van der Waals surface area contributed by atoms with Crippen molar-refractivity contribution < 1.29 is 4.79 Å². The van der Waals surface area contributed by atoms with Gasteiger partial charge in [-0.3, -0.25) is 4.79 Å². The summed E-state index contributed by atoms with van der Waals surface area (Å²) >= 11 is 0. The molecule has 3 N–H and O–H groups in total. The molecule has 0 bridgehead atoms. The zero-order chi connectivity index (χ0) is 13.2. The number of benzene rings is 1. The number of hydrogen-bond donors (Lipinski definition) is 3. The van der Waals surface area contributed by atoms with Crippen LogP contribution >= 0.6 is 0 Å². The van der Waals surface area contributed by atoms with Gasteiger partial charge < -0.3 is 15.6 Å². The van der Waals surface area contributed by atoms with Crippen molar-refractivity contribution in [1.29, 1.82) is 0 Å². The standard InChI is InChI=1S/C14H19N3O/c1-14(2,3)16-9-13(18)17-11-4-5-12-10(8-11)6-7-15-12/h4-8,15-16H,9H2,1-3H3,(H,17,18). The van der Waals surface area contributed by atoms with Gasteiger partial charge in [-0.25, -0.2) is 0 Å². The van der Waals surface area contributed by atoms with Crippen molar-refractivity contribution in [2.75, 3.05) is 11.9 Å². The monoisotopic (exact) mass is 245 g/mol. The Kier molecular flexibility index (Phi) is 3.39. The fourth-order valence-corrected chi connectivity index (χ4v) is 1.68. The molecule has 0 spiro atoms. The second kappa shape index (κ2) is 4.82. The lowest BCUT2D eigenvalue weighted by atomic mass is 10.1. The van der Waals surface area contributed by atoms with Gasteiger partial charge in [0.2, 0.25) is 5.91 Å². The summed E-state index contributed by atoms with van der Waals surface area (Å²) in [7, 11) is 0. The number of amides is 1. The molecule has 1 aromatic heterocycles. The molecule has 2 aromatic rings. The van der Waals surface area contributed by atoms with Crippen LogP contribution in [0.1, 0.15) is 20.8 Å². The van der Waals surface area contributed by atoms with E-state index in [9.17, 15) is 4.79 Å². The molecule has 0 fully saturated rings. The highest BCUT2D eigenvalue weighted by molar-refractivity contribution is 5.94. The number of H-pyrrole nitrogens is 1. The van der Waals surface area contributed by atoms with Crippen molar-refractivity contribution >= 4 is 22.5 Å². The van der Waals surface area contributed by atoms with Crippen LogP contribution in [0.3, 0.4) is 0 Å². The molecule has 0 saturated carbocycles. The van der Waals surface area contributed by atoms with Crippen LogP contribution in [0.5, 0.6) is 0 Å². The lowest BCUT2D eigenvalue weighted by Gasteiger charge is -2.20. The molecule has 2 rings (SSSR count). The normalized spacial score (nSPS) is 11.7. The zero-order valence-electron chi connectivity index (χ0n) is 11.0. The number of nitrogens with one attached hydrogen (secondary N) is 3. The van der Waals surface area contributed by atoms with Crippen LogP contribution < -0.4 is 10.6 Å². The van der Waals surface area contributed by atoms with Gasteiger partial charge in [-0.05, 0) is 45.0 Å². The van der Waals surface area contributed by atoms with Gasteiger partial charge in [0, 0.05) is 28.3 Å². The summed E-state index contributed by atoms with van der Waals surface area (Å²) in [6.45, 7) is 6.42. The average Bonchev–Trinajstić information content (AvgIpc) is 2.72. The second-order valence-corrected chi connectivity index (χ2v) is 5.43. The van der Waals surface area contributed by atoms with Crippen LogP contribution in [0.4, 0.5) is 5.69 Å². The largest absolute Gasteiger partial charge is 0.361 e. The minimum absolute atomic E-state index is 0.0280. The van der Waals surface area contributed by atoms with E-state index >= 15 is 0 Å². The van der Waals surface area contributed by atoms with E-state index in [1.807, 2.05) is 51.2 Å². The second-order valence-electron chi connectivity index (χ2n) is 5.43. The molecule has 4 heteroatoms. The summed E-state index contributed by atoms with van der Waals surface area (Å²) in [5.41, 5.74) is 1.84. The van der Waals surface area contributed by atoms with E-state index in [1.165, 1.54) is 0 Å². The van der Waals surface area contributed by atoms with Crippen LogP contribution in [0, 0.1) is 0 Å². The van der Waals surface area contributed by atoms with Crippen LogP contribution in [0.15, 0.2) is 30.5 Å². The first kappa shape index (κ1) is 12.6. The molecule has 0 saturated heterocycles. The number of fused-ring (bicyclic) bond motifs is 1. The Labute approximate surface area is 107 Å². The first-order chi connectivity index (χ1) is 8.44. The maximum atomic E-state index is 11.8. The minimum Gasteiger partial charge on any atom is -0.361 e. The smallest absolute Gasteiger partial charge is 0.238 e. The number of hydrogen-bond acceptors (Lipinski definition) is 2. The number of aromatic amines is 1. The van der Waals surface area contributed by atoms with Gasteiger partial charge in [0.25, 0.3) is 0 Å². The third kappa shape index (κ3) is 3.34. The summed E-state index contributed by atoms with van der Waals surface area (Å²) in [6.07, 6.45) is 1.89. The predicted octanol–water partition coefficient (Wildman–Crippen LogP) is 2.49. The molecule has 0 aliphatic carbocycles. The van der Waals surface area contributed by atoms with Crippen LogP contribution in [0.25, 0.3) is 10.9 Å². The van der Waals surface area contributed by atoms with Crippen molar-refractivity contribution in [2.45, 2.75) is 26.3 Å². The highest BCUT2D eigenvalue weighted by atomic mass is 16.1. The molecule has 1 heterocycles. The molecule has 0 aliphatic rings. The molecular formula is C14H19N3O. The van der Waals surface area contributed by atoms with Crippen molar-refractivity contribution in [1.82, 2.24) is 10.3 Å². The Morgan fingerprint density at radius 1 is 1.28 bits per heavy atom. The summed E-state index contributed by atoms with van der Waals surface area (Å²) in [6, 6.07) is 7.80. The maximum Gasteiger partial charge on any atom is 0.238 e. The van der Waals surface area contributed by atoms with Crippen LogP contribution in [0.2, 0.25) is 0 Å². The third-order valence-corrected chi connectivity index (χ3v) is 2.62. The third-order valence-electron chi connectivity index (χ3n) is 2.62. The van der Waals surface area contributed by atoms with Gasteiger partial charge >= 0.3 is 0 Å². The van der Waals surface area contributed by atoms with Gasteiger partial charge in [0.15, 0.2) is 0 Å². The Bertz CT molecular complexity index is 551. The van der Waals surface area contributed by atoms with Gasteiger partial charge in [0.05, 0.1) is 6.54 Å². The minimum atomic E-state index is -0.0536. The Hall–Kier alpha value is -1.81. The Balaban J connectivity index is 1.98. The molecule has 0 aliphatic heterocycles. The lowest BCUT2D eigenvalue weighted by molar-refractivity contribution is -0.115. The van der Waals surface area contributed by atoms with E-state index in [1.54, 1.807) is 0 Å². The molecule has 0 radical (unpaired) electrons. The summed E-state index contributed by atoms with van der Waals surface area (Å²) in [5, 5.41) is 7.13. The molecule has 0 atom stereocenters. The number of rotatable bonds is 3. The van der Waals surface area contributed by atoms with Crippen molar-refractivity contribution in [3.63, 3.8) is 0 Å². The molecule has 0 unspecified atom stereocenters. The Morgan fingerprint density at radius 2 is 2.06 bits per heavy atom. The highest BCUT2D eigenvalue weighted by Gasteiger charge is 2.11. The number of aromatic nitrogens is 1. The molecule has 1 amide bonds. The molecule has 1 aromatic carbocycles. The van der Waals surface area contributed by atoms with Gasteiger partial charge in [0.1, 0.15) is 0 Å². The predicted molar refractivity (Wildman–Crippen MR) is 74.7 cm³/mol. The SMILES string of the molecule is CC(C)(C)NCC(=O)Nc1ccc2[nH]ccc2c1. The lowest BCUT2D eigenvalue weighted by Crippen LogP contribution is -2.41. The maximum absolute atomic E-state index is 11.8. The fourth-order valence-electron chi connectivity index (χ4n) is 1.68. The van der Waals surface area contributed by atoms with Crippen LogP contribution in [-0.2, 0) is 4.79 Å². The summed E-state index contributed by atoms with van der Waals surface area (Å²) < 4.78 is 0. The quantitative estimate of drug-likeness (QED) is 0.778. The van der Waals surface area contributed by atoms with Gasteiger partial charge in [-0.2, -0.15) is 0 Å². The number of carbonyl (C=O) groups excluding carboxylic acids is 1. The van der Waals surface area contributed by atoms with E-state index in [-0.39, 0.29) is 11.4 Å². The van der Waals surface area contributed by atoms with E-state index in [0.29, 0.717) is 6.54 Å². The van der Waals surface area contributed by atoms with Crippen molar-refractivity contribution in [2.24, 2.45) is 0 Å². The van der Waals surface area contributed by atoms with Crippen LogP contribution in [-0.4, -0.2) is 23.0 Å². The van der Waals surface area contributed by atoms with E-state index in [4.69, 9.17) is 0 Å². The van der Waals surface area contributed by atoms with Crippen molar-refractivity contribution in [3.05, 3.63) is 30.5 Å². The Morgan fingerprint density at radius 3 is 2.78 bits per heavy atom. The van der Waals surface area contributed by atoms with Gasteiger partial charge in [-0.15, -0.1) is 0 Å². The van der Waals surface area contributed by atoms with E-state index < -0.39 is 0 Å². The zero-order valence-corrected chi connectivity index (χ0v) is 11.0. The van der Waals surface area contributed by atoms with E-state index in [2.05, 4.69) is 15.6 Å². The molecule has 18 heavy (non-hydrogen) atoms. The molecular weight excluding hydrogens is 226 g/mol. The van der Waals surface area contributed by atoms with Gasteiger partial charge in [-0.1, -0.05) is 0 Å². The number of carbonyl (C=O) groups is 1.